The second-order valence-electron chi connectivity index (χ2n) is 3.57. The summed E-state index contributed by atoms with van der Waals surface area (Å²) in [7, 11) is 1.99. The Morgan fingerprint density at radius 1 is 1.38 bits per heavy atom. The van der Waals surface area contributed by atoms with E-state index < -0.39 is 0 Å². The van der Waals surface area contributed by atoms with Crippen molar-refractivity contribution in [3.05, 3.63) is 29.6 Å². The van der Waals surface area contributed by atoms with Gasteiger partial charge < -0.3 is 5.32 Å². The molecule has 0 fully saturated rings. The Hall–Kier alpha value is -0.890. The fourth-order valence-electron chi connectivity index (χ4n) is 1.46. The van der Waals surface area contributed by atoms with E-state index in [1.54, 1.807) is 0 Å². The van der Waals surface area contributed by atoms with Crippen LogP contribution >= 0.6 is 0 Å². The normalized spacial score (nSPS) is 15.4. The molecule has 0 aliphatic rings. The summed E-state index contributed by atoms with van der Waals surface area (Å²) >= 11 is 0. The van der Waals surface area contributed by atoms with E-state index in [1.807, 2.05) is 19.3 Å². The number of aryl methyl sites for hydroxylation is 1. The lowest BCUT2D eigenvalue weighted by Crippen LogP contribution is -2.28. The highest BCUT2D eigenvalue weighted by Gasteiger charge is 2.14. The van der Waals surface area contributed by atoms with Gasteiger partial charge in [-0.15, -0.1) is 0 Å². The maximum absolute atomic E-state index is 4.41. The molecule has 13 heavy (non-hydrogen) atoms. The Morgan fingerprint density at radius 2 is 2.08 bits per heavy atom. The quantitative estimate of drug-likeness (QED) is 0.766. The van der Waals surface area contributed by atoms with Crippen LogP contribution in [0, 0.1) is 6.92 Å². The molecule has 1 aromatic rings. The van der Waals surface area contributed by atoms with Crippen molar-refractivity contribution in [2.24, 2.45) is 0 Å². The zero-order valence-corrected chi connectivity index (χ0v) is 8.83. The average Bonchev–Trinajstić information content (AvgIpc) is 2.16. The highest BCUT2D eigenvalue weighted by molar-refractivity contribution is 5.22. The van der Waals surface area contributed by atoms with Crippen LogP contribution in [0.25, 0.3) is 0 Å². The van der Waals surface area contributed by atoms with Crippen molar-refractivity contribution in [1.29, 1.82) is 0 Å². The van der Waals surface area contributed by atoms with E-state index in [0.29, 0.717) is 12.0 Å². The van der Waals surface area contributed by atoms with Crippen LogP contribution in [0.15, 0.2) is 18.3 Å². The molecule has 1 aromatic heterocycles. The van der Waals surface area contributed by atoms with Crippen molar-refractivity contribution >= 4 is 0 Å². The van der Waals surface area contributed by atoms with Crippen LogP contribution in [0.4, 0.5) is 0 Å². The third-order valence-corrected chi connectivity index (χ3v) is 2.69. The van der Waals surface area contributed by atoms with Crippen LogP contribution in [0.3, 0.4) is 0 Å². The van der Waals surface area contributed by atoms with Gasteiger partial charge in [0.05, 0.1) is 0 Å². The van der Waals surface area contributed by atoms with Gasteiger partial charge in [-0.3, -0.25) is 4.98 Å². The minimum absolute atomic E-state index is 0.464. The van der Waals surface area contributed by atoms with Gasteiger partial charge in [-0.1, -0.05) is 13.0 Å². The van der Waals surface area contributed by atoms with Crippen molar-refractivity contribution in [1.82, 2.24) is 10.3 Å². The SMILES string of the molecule is CNC(C)C(C)c1ncccc1C. The predicted octanol–water partition coefficient (Wildman–Crippen LogP) is 2.10. The molecule has 1 N–H and O–H groups in total. The van der Waals surface area contributed by atoms with Gasteiger partial charge in [-0.05, 0) is 32.5 Å². The lowest BCUT2D eigenvalue weighted by Gasteiger charge is -2.20. The highest BCUT2D eigenvalue weighted by atomic mass is 14.9. The van der Waals surface area contributed by atoms with Gasteiger partial charge in [-0.2, -0.15) is 0 Å². The Morgan fingerprint density at radius 3 is 2.62 bits per heavy atom. The standard InChI is InChI=1S/C11H18N2/c1-8-6-5-7-13-11(8)9(2)10(3)12-4/h5-7,9-10,12H,1-4H3. The second-order valence-corrected chi connectivity index (χ2v) is 3.57. The Balaban J connectivity index is 2.88. The van der Waals surface area contributed by atoms with Crippen LogP contribution in [-0.2, 0) is 0 Å². The summed E-state index contributed by atoms with van der Waals surface area (Å²) in [6.07, 6.45) is 1.86. The molecule has 1 heterocycles. The van der Waals surface area contributed by atoms with E-state index in [1.165, 1.54) is 11.3 Å². The molecule has 0 aliphatic carbocycles. The third-order valence-electron chi connectivity index (χ3n) is 2.69. The predicted molar refractivity (Wildman–Crippen MR) is 55.9 cm³/mol. The summed E-state index contributed by atoms with van der Waals surface area (Å²) in [5, 5.41) is 3.25. The van der Waals surface area contributed by atoms with E-state index in [2.05, 4.69) is 37.1 Å². The zero-order valence-electron chi connectivity index (χ0n) is 8.83. The number of nitrogens with one attached hydrogen (secondary N) is 1. The lowest BCUT2D eigenvalue weighted by molar-refractivity contribution is 0.513. The summed E-state index contributed by atoms with van der Waals surface area (Å²) in [6.45, 7) is 6.50. The van der Waals surface area contributed by atoms with Gasteiger partial charge >= 0.3 is 0 Å². The van der Waals surface area contributed by atoms with Gasteiger partial charge in [0.2, 0.25) is 0 Å². The van der Waals surface area contributed by atoms with Crippen molar-refractivity contribution < 1.29 is 0 Å². The molecule has 0 radical (unpaired) electrons. The van der Waals surface area contributed by atoms with E-state index >= 15 is 0 Å². The minimum Gasteiger partial charge on any atom is -0.317 e. The molecule has 0 aromatic carbocycles. The molecule has 0 bridgehead atoms. The van der Waals surface area contributed by atoms with Crippen molar-refractivity contribution in [2.45, 2.75) is 32.7 Å². The molecule has 0 saturated carbocycles. The second kappa shape index (κ2) is 4.38. The Bertz CT molecular complexity index is 271. The number of hydrogen-bond donors (Lipinski definition) is 1. The Labute approximate surface area is 80.4 Å². The minimum atomic E-state index is 0.464. The topological polar surface area (TPSA) is 24.9 Å². The van der Waals surface area contributed by atoms with E-state index in [4.69, 9.17) is 0 Å². The monoisotopic (exact) mass is 178 g/mol. The summed E-state index contributed by atoms with van der Waals surface area (Å²) in [5.74, 6) is 0.464. The molecule has 2 unspecified atom stereocenters. The molecule has 2 heteroatoms. The Kier molecular flexibility index (Phi) is 3.43. The summed E-state index contributed by atoms with van der Waals surface area (Å²) < 4.78 is 0. The lowest BCUT2D eigenvalue weighted by atomic mass is 9.96. The van der Waals surface area contributed by atoms with Crippen molar-refractivity contribution in [3.8, 4) is 0 Å². The van der Waals surface area contributed by atoms with Crippen LogP contribution in [0.5, 0.6) is 0 Å². The van der Waals surface area contributed by atoms with Gasteiger partial charge in [0.1, 0.15) is 0 Å². The van der Waals surface area contributed by atoms with Gasteiger partial charge in [0.25, 0.3) is 0 Å². The molecule has 2 nitrogen and oxygen atoms in total. The molecule has 0 saturated heterocycles. The first-order valence-corrected chi connectivity index (χ1v) is 4.75. The van der Waals surface area contributed by atoms with E-state index in [-0.39, 0.29) is 0 Å². The highest BCUT2D eigenvalue weighted by Crippen LogP contribution is 2.19. The van der Waals surface area contributed by atoms with Crippen LogP contribution in [0.1, 0.15) is 31.0 Å². The van der Waals surface area contributed by atoms with Crippen LogP contribution in [0.2, 0.25) is 0 Å². The van der Waals surface area contributed by atoms with E-state index in [9.17, 15) is 0 Å². The molecular formula is C11H18N2. The molecular weight excluding hydrogens is 160 g/mol. The fourth-order valence-corrected chi connectivity index (χ4v) is 1.46. The maximum atomic E-state index is 4.41. The van der Waals surface area contributed by atoms with Gasteiger partial charge in [-0.25, -0.2) is 0 Å². The molecule has 72 valence electrons. The number of hydrogen-bond acceptors (Lipinski definition) is 2. The molecule has 0 amide bonds. The molecule has 0 spiro atoms. The molecule has 2 atom stereocenters. The van der Waals surface area contributed by atoms with Gasteiger partial charge in [0.15, 0.2) is 0 Å². The number of pyridine rings is 1. The first-order chi connectivity index (χ1) is 6.16. The summed E-state index contributed by atoms with van der Waals surface area (Å²) in [6, 6.07) is 4.56. The third kappa shape index (κ3) is 2.28. The first kappa shape index (κ1) is 10.2. The molecule has 1 rings (SSSR count). The van der Waals surface area contributed by atoms with Gasteiger partial charge in [0, 0.05) is 23.9 Å². The van der Waals surface area contributed by atoms with Crippen LogP contribution in [-0.4, -0.2) is 18.1 Å². The summed E-state index contributed by atoms with van der Waals surface area (Å²) in [4.78, 5) is 4.41. The zero-order chi connectivity index (χ0) is 9.84. The number of rotatable bonds is 3. The van der Waals surface area contributed by atoms with E-state index in [0.717, 1.165) is 0 Å². The number of aromatic nitrogens is 1. The largest absolute Gasteiger partial charge is 0.317 e. The van der Waals surface area contributed by atoms with Crippen molar-refractivity contribution in [3.63, 3.8) is 0 Å². The number of nitrogens with zero attached hydrogens (tertiary/aromatic N) is 1. The summed E-state index contributed by atoms with van der Waals surface area (Å²) in [5.41, 5.74) is 2.47. The first-order valence-electron chi connectivity index (χ1n) is 4.75. The van der Waals surface area contributed by atoms with Crippen LogP contribution < -0.4 is 5.32 Å². The average molecular weight is 178 g/mol. The smallest absolute Gasteiger partial charge is 0.0476 e. The fraction of sp³-hybridized carbons (Fsp3) is 0.545. The maximum Gasteiger partial charge on any atom is 0.0476 e. The molecule has 0 aliphatic heterocycles. The van der Waals surface area contributed by atoms with Crippen molar-refractivity contribution in [2.75, 3.05) is 7.05 Å². The number of likely N-dealkylation sites (N-methyl/N-ethyl adjacent to an activating group) is 1.